The second-order valence-electron chi connectivity index (χ2n) is 3.19. The van der Waals surface area contributed by atoms with Crippen molar-refractivity contribution in [2.45, 2.75) is 20.3 Å². The summed E-state index contributed by atoms with van der Waals surface area (Å²) >= 11 is 0. The third-order valence-corrected chi connectivity index (χ3v) is 1.96. The molecule has 0 unspecified atom stereocenters. The molecule has 0 radical (unpaired) electrons. The van der Waals surface area contributed by atoms with Crippen molar-refractivity contribution in [3.8, 4) is 0 Å². The minimum Gasteiger partial charge on any atom is -0.497 e. The van der Waals surface area contributed by atoms with Crippen molar-refractivity contribution in [1.82, 2.24) is 0 Å². The van der Waals surface area contributed by atoms with Crippen molar-refractivity contribution in [2.24, 2.45) is 4.99 Å². The Morgan fingerprint density at radius 2 is 2.23 bits per heavy atom. The number of methoxy groups -OCH3 is 1. The zero-order valence-electron chi connectivity index (χ0n) is 8.42. The quantitative estimate of drug-likeness (QED) is 0.480. The van der Waals surface area contributed by atoms with Gasteiger partial charge >= 0.3 is 0 Å². The van der Waals surface area contributed by atoms with Gasteiger partial charge in [-0.2, -0.15) is 0 Å². The lowest BCUT2D eigenvalue weighted by Gasteiger charge is -1.96. The molecule has 0 bridgehead atoms. The van der Waals surface area contributed by atoms with Gasteiger partial charge in [-0.3, -0.25) is 4.99 Å². The van der Waals surface area contributed by atoms with Gasteiger partial charge in [0.25, 0.3) is 0 Å². The standard InChI is InChI=1S/C11H15NO/c1-8-7-9(2)12-11(8)6-5-10(3)13-4/h5-6H,3,7H2,1-2,4H3/b6-5-. The fourth-order valence-electron chi connectivity index (χ4n) is 1.23. The molecule has 0 amide bonds. The van der Waals surface area contributed by atoms with E-state index in [1.807, 2.05) is 19.1 Å². The maximum atomic E-state index is 4.92. The molecule has 1 rings (SSSR count). The molecule has 0 aromatic carbocycles. The summed E-state index contributed by atoms with van der Waals surface area (Å²) in [5, 5.41) is 0. The predicted molar refractivity (Wildman–Crippen MR) is 55.7 cm³/mol. The Kier molecular flexibility index (Phi) is 3.07. The number of nitrogens with zero attached hydrogens (tertiary/aromatic N) is 1. The second-order valence-corrected chi connectivity index (χ2v) is 3.19. The van der Waals surface area contributed by atoms with E-state index in [0.29, 0.717) is 5.76 Å². The first kappa shape index (κ1) is 9.78. The van der Waals surface area contributed by atoms with E-state index in [2.05, 4.69) is 18.5 Å². The number of allylic oxidation sites excluding steroid dienone is 3. The number of hydrogen-bond donors (Lipinski definition) is 0. The van der Waals surface area contributed by atoms with Crippen LogP contribution in [0.2, 0.25) is 0 Å². The second kappa shape index (κ2) is 4.08. The first-order valence-corrected chi connectivity index (χ1v) is 4.28. The Balaban J connectivity index is 2.69. The van der Waals surface area contributed by atoms with E-state index in [-0.39, 0.29) is 0 Å². The molecule has 0 aliphatic carbocycles. The number of aliphatic imine (C=N–C) groups is 1. The van der Waals surface area contributed by atoms with Crippen LogP contribution in [0.1, 0.15) is 20.3 Å². The van der Waals surface area contributed by atoms with Crippen LogP contribution < -0.4 is 0 Å². The first-order valence-electron chi connectivity index (χ1n) is 4.28. The Morgan fingerprint density at radius 3 is 2.69 bits per heavy atom. The van der Waals surface area contributed by atoms with Gasteiger partial charge in [-0.1, -0.05) is 6.58 Å². The summed E-state index contributed by atoms with van der Waals surface area (Å²) in [5.41, 5.74) is 3.51. The number of ether oxygens (including phenoxy) is 1. The molecule has 0 aromatic rings. The Morgan fingerprint density at radius 1 is 1.54 bits per heavy atom. The van der Waals surface area contributed by atoms with E-state index in [9.17, 15) is 0 Å². The Hall–Kier alpha value is -1.31. The van der Waals surface area contributed by atoms with E-state index in [1.54, 1.807) is 7.11 Å². The lowest BCUT2D eigenvalue weighted by atomic mass is 10.1. The van der Waals surface area contributed by atoms with Gasteiger partial charge in [-0.15, -0.1) is 0 Å². The summed E-state index contributed by atoms with van der Waals surface area (Å²) in [4.78, 5) is 4.39. The lowest BCUT2D eigenvalue weighted by molar-refractivity contribution is 0.309. The van der Waals surface area contributed by atoms with Crippen LogP contribution in [0.4, 0.5) is 0 Å². The summed E-state index contributed by atoms with van der Waals surface area (Å²) in [5.74, 6) is 0.653. The van der Waals surface area contributed by atoms with Crippen molar-refractivity contribution in [3.05, 3.63) is 35.8 Å². The summed E-state index contributed by atoms with van der Waals surface area (Å²) in [6.07, 6.45) is 4.76. The third kappa shape index (κ3) is 2.58. The highest BCUT2D eigenvalue weighted by molar-refractivity contribution is 5.88. The van der Waals surface area contributed by atoms with Gasteiger partial charge in [0, 0.05) is 12.1 Å². The topological polar surface area (TPSA) is 21.6 Å². The molecule has 0 N–H and O–H groups in total. The van der Waals surface area contributed by atoms with Gasteiger partial charge in [-0.25, -0.2) is 0 Å². The van der Waals surface area contributed by atoms with Crippen LogP contribution in [0.25, 0.3) is 0 Å². The smallest absolute Gasteiger partial charge is 0.111 e. The lowest BCUT2D eigenvalue weighted by Crippen LogP contribution is -1.82. The Bertz CT molecular complexity index is 308. The number of rotatable bonds is 3. The van der Waals surface area contributed by atoms with Gasteiger partial charge in [0.05, 0.1) is 12.8 Å². The highest BCUT2D eigenvalue weighted by atomic mass is 16.5. The predicted octanol–water partition coefficient (Wildman–Crippen LogP) is 2.84. The molecule has 0 fully saturated rings. The van der Waals surface area contributed by atoms with Crippen LogP contribution in [0, 0.1) is 0 Å². The van der Waals surface area contributed by atoms with Crippen LogP contribution in [-0.2, 0) is 4.74 Å². The summed E-state index contributed by atoms with van der Waals surface area (Å²) in [7, 11) is 1.61. The maximum Gasteiger partial charge on any atom is 0.111 e. The summed E-state index contributed by atoms with van der Waals surface area (Å²) < 4.78 is 4.92. The highest BCUT2D eigenvalue weighted by Gasteiger charge is 2.07. The molecule has 0 aromatic heterocycles. The van der Waals surface area contributed by atoms with E-state index in [4.69, 9.17) is 4.74 Å². The first-order chi connectivity index (χ1) is 6.13. The minimum atomic E-state index is 0.653. The normalized spacial score (nSPS) is 16.7. The molecular weight excluding hydrogens is 162 g/mol. The Labute approximate surface area is 79.3 Å². The van der Waals surface area contributed by atoms with Crippen molar-refractivity contribution in [1.29, 1.82) is 0 Å². The van der Waals surface area contributed by atoms with E-state index in [1.165, 1.54) is 11.3 Å². The fraction of sp³-hybridized carbons (Fsp3) is 0.364. The molecular formula is C11H15NO. The molecule has 0 saturated carbocycles. The van der Waals surface area contributed by atoms with E-state index >= 15 is 0 Å². The van der Waals surface area contributed by atoms with Crippen molar-refractivity contribution in [2.75, 3.05) is 7.11 Å². The molecule has 13 heavy (non-hydrogen) atoms. The monoisotopic (exact) mass is 177 g/mol. The van der Waals surface area contributed by atoms with Crippen molar-refractivity contribution < 1.29 is 4.74 Å². The molecule has 1 aliphatic heterocycles. The number of hydrogen-bond acceptors (Lipinski definition) is 2. The molecule has 0 atom stereocenters. The summed E-state index contributed by atoms with van der Waals surface area (Å²) in [6.45, 7) is 7.83. The highest BCUT2D eigenvalue weighted by Crippen LogP contribution is 2.20. The van der Waals surface area contributed by atoms with E-state index < -0.39 is 0 Å². The average molecular weight is 177 g/mol. The zero-order valence-corrected chi connectivity index (χ0v) is 8.42. The SMILES string of the molecule is C=C(/C=C\C1=C(C)CC(C)=N1)OC. The van der Waals surface area contributed by atoms with Crippen LogP contribution >= 0.6 is 0 Å². The van der Waals surface area contributed by atoms with E-state index in [0.717, 1.165) is 12.1 Å². The zero-order chi connectivity index (χ0) is 9.84. The molecule has 2 nitrogen and oxygen atoms in total. The molecule has 2 heteroatoms. The minimum absolute atomic E-state index is 0.653. The average Bonchev–Trinajstić information content (AvgIpc) is 2.41. The van der Waals surface area contributed by atoms with Crippen LogP contribution in [0.15, 0.2) is 40.8 Å². The molecule has 0 spiro atoms. The largest absolute Gasteiger partial charge is 0.497 e. The van der Waals surface area contributed by atoms with Crippen LogP contribution in [0.5, 0.6) is 0 Å². The van der Waals surface area contributed by atoms with Gasteiger partial charge in [0.15, 0.2) is 0 Å². The van der Waals surface area contributed by atoms with Crippen molar-refractivity contribution >= 4 is 5.71 Å². The maximum absolute atomic E-state index is 4.92. The van der Waals surface area contributed by atoms with Gasteiger partial charge in [0.1, 0.15) is 5.76 Å². The molecule has 0 saturated heterocycles. The van der Waals surface area contributed by atoms with Gasteiger partial charge in [0.2, 0.25) is 0 Å². The van der Waals surface area contributed by atoms with Crippen LogP contribution in [0.3, 0.4) is 0 Å². The fourth-order valence-corrected chi connectivity index (χ4v) is 1.23. The molecule has 70 valence electrons. The molecule has 1 heterocycles. The van der Waals surface area contributed by atoms with Crippen LogP contribution in [-0.4, -0.2) is 12.8 Å². The summed E-state index contributed by atoms with van der Waals surface area (Å²) in [6, 6.07) is 0. The van der Waals surface area contributed by atoms with Gasteiger partial charge < -0.3 is 4.74 Å². The third-order valence-electron chi connectivity index (χ3n) is 1.96. The molecule has 1 aliphatic rings. The van der Waals surface area contributed by atoms with Gasteiger partial charge in [-0.05, 0) is 31.6 Å². The van der Waals surface area contributed by atoms with Crippen molar-refractivity contribution in [3.63, 3.8) is 0 Å².